The largest absolute Gasteiger partial charge is 0.448 e. The lowest BCUT2D eigenvalue weighted by atomic mass is 10.1. The van der Waals surface area contributed by atoms with Crippen LogP contribution in [0.1, 0.15) is 30.5 Å². The molecule has 13 heavy (non-hydrogen) atoms. The SMILES string of the molecule is CC.C[OH2+].Cc1ccc(C)c(C)c1. The molecule has 0 spiro atoms. The summed E-state index contributed by atoms with van der Waals surface area (Å²) < 4.78 is 0. The highest BCUT2D eigenvalue weighted by molar-refractivity contribution is 5.28. The summed E-state index contributed by atoms with van der Waals surface area (Å²) in [5, 5.41) is 5.75. The lowest BCUT2D eigenvalue weighted by molar-refractivity contribution is 0.399. The van der Waals surface area contributed by atoms with Crippen molar-refractivity contribution in [2.75, 3.05) is 7.11 Å². The smallest absolute Gasteiger partial charge is 0.133 e. The molecule has 0 aliphatic rings. The van der Waals surface area contributed by atoms with Gasteiger partial charge in [-0.3, -0.25) is 0 Å². The van der Waals surface area contributed by atoms with Crippen LogP contribution < -0.4 is 0 Å². The molecule has 1 heteroatoms. The van der Waals surface area contributed by atoms with Crippen molar-refractivity contribution in [3.8, 4) is 0 Å². The van der Waals surface area contributed by atoms with Crippen LogP contribution in [0.2, 0.25) is 0 Å². The molecular weight excluding hydrogens is 160 g/mol. The van der Waals surface area contributed by atoms with Gasteiger partial charge in [-0.05, 0) is 31.9 Å². The van der Waals surface area contributed by atoms with Crippen molar-refractivity contribution in [2.45, 2.75) is 34.6 Å². The van der Waals surface area contributed by atoms with Crippen LogP contribution in [0, 0.1) is 20.8 Å². The van der Waals surface area contributed by atoms with Gasteiger partial charge in [0.25, 0.3) is 0 Å². The average Bonchev–Trinajstić information content (AvgIpc) is 2.18. The van der Waals surface area contributed by atoms with Gasteiger partial charge >= 0.3 is 0 Å². The predicted octanol–water partition coefficient (Wildman–Crippen LogP) is 2.98. The monoisotopic (exact) mass is 183 g/mol. The molecule has 0 unspecified atom stereocenters. The first-order valence-electron chi connectivity index (χ1n) is 4.74. The van der Waals surface area contributed by atoms with E-state index in [-0.39, 0.29) is 0 Å². The van der Waals surface area contributed by atoms with Crippen molar-refractivity contribution in [3.05, 3.63) is 34.9 Å². The molecule has 1 rings (SSSR count). The minimum absolute atomic E-state index is 1.25. The van der Waals surface area contributed by atoms with Crippen LogP contribution in [-0.2, 0) is 0 Å². The van der Waals surface area contributed by atoms with Crippen molar-refractivity contribution in [3.63, 3.8) is 0 Å². The Morgan fingerprint density at radius 3 is 1.62 bits per heavy atom. The molecule has 1 nitrogen and oxygen atoms in total. The van der Waals surface area contributed by atoms with Gasteiger partial charge in [-0.2, -0.15) is 0 Å². The lowest BCUT2D eigenvalue weighted by Gasteiger charge is -1.98. The first-order valence-corrected chi connectivity index (χ1v) is 4.74. The average molecular weight is 183 g/mol. The van der Waals surface area contributed by atoms with E-state index in [0.717, 1.165) is 0 Å². The fraction of sp³-hybridized carbons (Fsp3) is 0.500. The Labute approximate surface area is 82.4 Å². The molecule has 0 heterocycles. The summed E-state index contributed by atoms with van der Waals surface area (Å²) in [7, 11) is 1.25. The first-order chi connectivity index (χ1) is 6.20. The quantitative estimate of drug-likeness (QED) is 0.552. The molecule has 0 radical (unpaired) electrons. The van der Waals surface area contributed by atoms with E-state index >= 15 is 0 Å². The van der Waals surface area contributed by atoms with Gasteiger partial charge in [0, 0.05) is 0 Å². The van der Waals surface area contributed by atoms with Crippen LogP contribution >= 0.6 is 0 Å². The fourth-order valence-corrected chi connectivity index (χ4v) is 0.891. The van der Waals surface area contributed by atoms with E-state index in [2.05, 4.69) is 39.0 Å². The number of rotatable bonds is 0. The third kappa shape index (κ3) is 6.35. The Morgan fingerprint density at radius 2 is 1.31 bits per heavy atom. The van der Waals surface area contributed by atoms with Gasteiger partial charge in [0.1, 0.15) is 7.11 Å². The van der Waals surface area contributed by atoms with Gasteiger partial charge in [-0.15, -0.1) is 0 Å². The second-order valence-corrected chi connectivity index (χ2v) is 2.59. The number of hydrogen-bond donors (Lipinski definition) is 0. The van der Waals surface area contributed by atoms with Gasteiger partial charge in [-0.1, -0.05) is 37.6 Å². The molecule has 0 fully saturated rings. The Hall–Kier alpha value is -0.820. The fourth-order valence-electron chi connectivity index (χ4n) is 0.891. The maximum Gasteiger partial charge on any atom is 0.133 e. The number of hydrogen-bond acceptors (Lipinski definition) is 0. The minimum atomic E-state index is 1.25. The van der Waals surface area contributed by atoms with Crippen molar-refractivity contribution < 1.29 is 5.11 Å². The van der Waals surface area contributed by atoms with Gasteiger partial charge in [0.2, 0.25) is 0 Å². The zero-order valence-corrected chi connectivity index (χ0v) is 9.73. The lowest BCUT2D eigenvalue weighted by Crippen LogP contribution is -1.79. The Bertz CT molecular complexity index is 216. The van der Waals surface area contributed by atoms with Gasteiger partial charge in [0.15, 0.2) is 0 Å². The van der Waals surface area contributed by atoms with E-state index in [1.54, 1.807) is 0 Å². The molecule has 0 atom stereocenters. The molecule has 1 aromatic carbocycles. The second kappa shape index (κ2) is 9.27. The Balaban J connectivity index is 0. The van der Waals surface area contributed by atoms with Crippen molar-refractivity contribution in [1.82, 2.24) is 0 Å². The molecule has 0 aromatic heterocycles. The van der Waals surface area contributed by atoms with Gasteiger partial charge in [0.05, 0.1) is 0 Å². The minimum Gasteiger partial charge on any atom is -0.448 e. The van der Waals surface area contributed by atoms with E-state index in [1.165, 1.54) is 23.8 Å². The zero-order valence-electron chi connectivity index (χ0n) is 9.73. The Morgan fingerprint density at radius 1 is 0.846 bits per heavy atom. The van der Waals surface area contributed by atoms with E-state index in [4.69, 9.17) is 5.11 Å². The maximum absolute atomic E-state index is 5.75. The third-order valence-corrected chi connectivity index (χ3v) is 1.66. The number of aryl methyl sites for hydroxylation is 3. The summed E-state index contributed by atoms with van der Waals surface area (Å²) in [5.74, 6) is 0. The molecule has 0 saturated heterocycles. The second-order valence-electron chi connectivity index (χ2n) is 2.59. The predicted molar refractivity (Wildman–Crippen MR) is 61.5 cm³/mol. The number of benzene rings is 1. The van der Waals surface area contributed by atoms with Crippen LogP contribution in [0.15, 0.2) is 18.2 Å². The molecular formula is C12H23O+. The Kier molecular flexibility index (Phi) is 10.5. The zero-order chi connectivity index (χ0) is 10.9. The summed E-state index contributed by atoms with van der Waals surface area (Å²) in [6.07, 6.45) is 0. The standard InChI is InChI=1S/C9H12.C2H6.CH4O/c1-7-4-5-8(2)9(3)6-7;2*1-2/h4-6H,1-3H3;1-2H3;2H,1H3/p+1. The van der Waals surface area contributed by atoms with E-state index in [9.17, 15) is 0 Å². The topological polar surface area (TPSA) is 22.9 Å². The molecule has 0 bridgehead atoms. The first kappa shape index (κ1) is 14.7. The van der Waals surface area contributed by atoms with E-state index in [0.29, 0.717) is 0 Å². The molecule has 1 aromatic rings. The van der Waals surface area contributed by atoms with Crippen LogP contribution in [0.25, 0.3) is 0 Å². The summed E-state index contributed by atoms with van der Waals surface area (Å²) >= 11 is 0. The molecule has 0 amide bonds. The highest BCUT2D eigenvalue weighted by Gasteiger charge is 1.89. The molecule has 0 aliphatic heterocycles. The molecule has 2 N–H and O–H groups in total. The van der Waals surface area contributed by atoms with Gasteiger partial charge in [-0.25, -0.2) is 0 Å². The summed E-state index contributed by atoms with van der Waals surface area (Å²) in [6, 6.07) is 6.50. The summed E-state index contributed by atoms with van der Waals surface area (Å²) in [4.78, 5) is 0. The molecule has 0 aliphatic carbocycles. The van der Waals surface area contributed by atoms with Crippen LogP contribution in [0.3, 0.4) is 0 Å². The molecule has 0 saturated carbocycles. The van der Waals surface area contributed by atoms with E-state index < -0.39 is 0 Å². The highest BCUT2D eigenvalue weighted by atomic mass is 16.2. The van der Waals surface area contributed by atoms with Crippen LogP contribution in [-0.4, -0.2) is 12.2 Å². The van der Waals surface area contributed by atoms with Gasteiger partial charge < -0.3 is 5.11 Å². The normalized spacial score (nSPS) is 7.62. The van der Waals surface area contributed by atoms with E-state index in [1.807, 2.05) is 13.8 Å². The molecule has 76 valence electrons. The summed E-state index contributed by atoms with van der Waals surface area (Å²) in [5.41, 5.74) is 4.11. The van der Waals surface area contributed by atoms with Crippen LogP contribution in [0.5, 0.6) is 0 Å². The van der Waals surface area contributed by atoms with Crippen molar-refractivity contribution >= 4 is 0 Å². The van der Waals surface area contributed by atoms with Crippen molar-refractivity contribution in [1.29, 1.82) is 0 Å². The van der Waals surface area contributed by atoms with Crippen molar-refractivity contribution in [2.24, 2.45) is 0 Å². The van der Waals surface area contributed by atoms with Crippen LogP contribution in [0.4, 0.5) is 0 Å². The third-order valence-electron chi connectivity index (χ3n) is 1.66. The maximum atomic E-state index is 5.75. The highest BCUT2D eigenvalue weighted by Crippen LogP contribution is 2.07. The summed E-state index contributed by atoms with van der Waals surface area (Å²) in [6.45, 7) is 10.4.